The Morgan fingerprint density at radius 2 is 2.16 bits per heavy atom. The van der Waals surface area contributed by atoms with Gasteiger partial charge in [0.2, 0.25) is 0 Å². The van der Waals surface area contributed by atoms with Crippen molar-refractivity contribution in [3.8, 4) is 0 Å². The lowest BCUT2D eigenvalue weighted by molar-refractivity contribution is 0.0882. The van der Waals surface area contributed by atoms with E-state index in [9.17, 15) is 5.11 Å². The number of nitrogens with one attached hydrogen (secondary N) is 1. The van der Waals surface area contributed by atoms with E-state index in [1.165, 1.54) is 19.3 Å². The molecule has 0 aromatic carbocycles. The van der Waals surface area contributed by atoms with Gasteiger partial charge in [-0.2, -0.15) is 0 Å². The molecule has 2 N–H and O–H groups in total. The minimum absolute atomic E-state index is 0.0391. The van der Waals surface area contributed by atoms with Gasteiger partial charge in [-0.25, -0.2) is 0 Å². The van der Waals surface area contributed by atoms with Crippen LogP contribution in [0.2, 0.25) is 0 Å². The van der Waals surface area contributed by atoms with Crippen molar-refractivity contribution in [1.29, 1.82) is 0 Å². The fourth-order valence-corrected chi connectivity index (χ4v) is 3.13. The average Bonchev–Trinajstić information content (AvgIpc) is 3.14. The molecule has 2 atom stereocenters. The zero-order valence-electron chi connectivity index (χ0n) is 12.5. The van der Waals surface area contributed by atoms with Crippen LogP contribution in [0.1, 0.15) is 39.0 Å². The molecule has 2 fully saturated rings. The third-order valence-electron chi connectivity index (χ3n) is 4.70. The zero-order valence-corrected chi connectivity index (χ0v) is 12.5. The SMILES string of the molecule is CCNC1(CO)CCC(N(C)CCOCC2CC2)C1. The number of likely N-dealkylation sites (N-methyl/N-ethyl adjacent to an activating group) is 2. The van der Waals surface area contributed by atoms with Crippen LogP contribution < -0.4 is 5.32 Å². The second-order valence-electron chi connectivity index (χ2n) is 6.36. The number of aliphatic hydroxyl groups excluding tert-OH is 1. The van der Waals surface area contributed by atoms with Crippen molar-refractivity contribution in [1.82, 2.24) is 10.2 Å². The topological polar surface area (TPSA) is 44.7 Å². The highest BCUT2D eigenvalue weighted by Crippen LogP contribution is 2.32. The van der Waals surface area contributed by atoms with Crippen LogP contribution in [0, 0.1) is 5.92 Å². The molecule has 0 aromatic rings. The molecule has 2 aliphatic rings. The van der Waals surface area contributed by atoms with Crippen molar-refractivity contribution in [3.05, 3.63) is 0 Å². The summed E-state index contributed by atoms with van der Waals surface area (Å²) >= 11 is 0. The van der Waals surface area contributed by atoms with Crippen LogP contribution in [-0.4, -0.2) is 61.5 Å². The highest BCUT2D eigenvalue weighted by Gasteiger charge is 2.39. The molecule has 2 unspecified atom stereocenters. The molecule has 112 valence electrons. The van der Waals surface area contributed by atoms with E-state index < -0.39 is 0 Å². The lowest BCUT2D eigenvalue weighted by Gasteiger charge is -2.30. The van der Waals surface area contributed by atoms with Crippen LogP contribution in [0.3, 0.4) is 0 Å². The first-order chi connectivity index (χ1) is 9.19. The van der Waals surface area contributed by atoms with Crippen molar-refractivity contribution in [3.63, 3.8) is 0 Å². The van der Waals surface area contributed by atoms with Crippen LogP contribution in [-0.2, 0) is 4.74 Å². The summed E-state index contributed by atoms with van der Waals surface area (Å²) in [6, 6.07) is 0.579. The van der Waals surface area contributed by atoms with Crippen molar-refractivity contribution in [2.24, 2.45) is 5.92 Å². The van der Waals surface area contributed by atoms with E-state index in [0.717, 1.165) is 45.1 Å². The molecule has 2 saturated carbocycles. The van der Waals surface area contributed by atoms with Crippen molar-refractivity contribution >= 4 is 0 Å². The molecule has 4 nitrogen and oxygen atoms in total. The Balaban J connectivity index is 1.66. The zero-order chi connectivity index (χ0) is 13.7. The van der Waals surface area contributed by atoms with Gasteiger partial charge >= 0.3 is 0 Å². The third kappa shape index (κ3) is 4.42. The number of hydrogen-bond donors (Lipinski definition) is 2. The molecule has 2 aliphatic carbocycles. The monoisotopic (exact) mass is 270 g/mol. The Hall–Kier alpha value is -0.160. The largest absolute Gasteiger partial charge is 0.394 e. The Morgan fingerprint density at radius 1 is 1.37 bits per heavy atom. The summed E-state index contributed by atoms with van der Waals surface area (Å²) in [6.45, 7) is 6.10. The first kappa shape index (κ1) is 15.2. The predicted molar refractivity (Wildman–Crippen MR) is 77.3 cm³/mol. The van der Waals surface area contributed by atoms with Crippen LogP contribution >= 0.6 is 0 Å². The Kier molecular flexibility index (Phi) is 5.63. The van der Waals surface area contributed by atoms with Gasteiger partial charge in [-0.3, -0.25) is 0 Å². The molecule has 0 heterocycles. The molecule has 4 heteroatoms. The maximum Gasteiger partial charge on any atom is 0.0613 e. The van der Waals surface area contributed by atoms with E-state index in [1.54, 1.807) is 0 Å². The highest BCUT2D eigenvalue weighted by atomic mass is 16.5. The lowest BCUT2D eigenvalue weighted by Crippen LogP contribution is -2.47. The first-order valence-corrected chi connectivity index (χ1v) is 7.83. The number of hydrogen-bond acceptors (Lipinski definition) is 4. The van der Waals surface area contributed by atoms with Crippen LogP contribution in [0.5, 0.6) is 0 Å². The van der Waals surface area contributed by atoms with E-state index >= 15 is 0 Å². The molecule has 0 aliphatic heterocycles. The van der Waals surface area contributed by atoms with Gasteiger partial charge in [0.25, 0.3) is 0 Å². The van der Waals surface area contributed by atoms with Gasteiger partial charge in [0.15, 0.2) is 0 Å². The van der Waals surface area contributed by atoms with E-state index in [1.807, 2.05) is 0 Å². The molecule has 19 heavy (non-hydrogen) atoms. The molecule has 0 bridgehead atoms. The summed E-state index contributed by atoms with van der Waals surface area (Å²) in [5.74, 6) is 0.854. The van der Waals surface area contributed by atoms with Gasteiger partial charge in [0, 0.05) is 24.7 Å². The standard InChI is InChI=1S/C15H30N2O2/c1-3-16-15(12-18)7-6-14(10-15)17(2)8-9-19-11-13-4-5-13/h13-14,16,18H,3-12H2,1-2H3. The average molecular weight is 270 g/mol. The molecule has 2 rings (SSSR count). The number of aliphatic hydroxyl groups is 1. The van der Waals surface area contributed by atoms with Crippen LogP contribution in [0.4, 0.5) is 0 Å². The maximum absolute atomic E-state index is 9.62. The fraction of sp³-hybridized carbons (Fsp3) is 1.00. The second kappa shape index (κ2) is 7.02. The summed E-state index contributed by atoms with van der Waals surface area (Å²) in [7, 11) is 2.19. The molecular formula is C15H30N2O2. The Morgan fingerprint density at radius 3 is 2.79 bits per heavy atom. The minimum Gasteiger partial charge on any atom is -0.394 e. The van der Waals surface area contributed by atoms with Crippen molar-refractivity contribution < 1.29 is 9.84 Å². The third-order valence-corrected chi connectivity index (χ3v) is 4.70. The van der Waals surface area contributed by atoms with E-state index in [-0.39, 0.29) is 12.1 Å². The molecule has 0 aromatic heterocycles. The molecular weight excluding hydrogens is 240 g/mol. The quantitative estimate of drug-likeness (QED) is 0.619. The van der Waals surface area contributed by atoms with E-state index in [4.69, 9.17) is 4.74 Å². The summed E-state index contributed by atoms with van der Waals surface area (Å²) in [6.07, 6.45) is 6.03. The first-order valence-electron chi connectivity index (χ1n) is 7.83. The summed E-state index contributed by atoms with van der Waals surface area (Å²) in [5.41, 5.74) is -0.0391. The second-order valence-corrected chi connectivity index (χ2v) is 6.36. The van der Waals surface area contributed by atoms with Gasteiger partial charge in [-0.15, -0.1) is 0 Å². The summed E-state index contributed by atoms with van der Waals surface area (Å²) in [5, 5.41) is 13.1. The summed E-state index contributed by atoms with van der Waals surface area (Å²) < 4.78 is 5.71. The van der Waals surface area contributed by atoms with Crippen LogP contribution in [0.25, 0.3) is 0 Å². The van der Waals surface area contributed by atoms with Crippen molar-refractivity contribution in [2.75, 3.05) is 40.0 Å². The summed E-state index contributed by atoms with van der Waals surface area (Å²) in [4.78, 5) is 2.40. The van der Waals surface area contributed by atoms with Gasteiger partial charge in [0.05, 0.1) is 13.2 Å². The Labute approximate surface area is 117 Å². The molecule has 0 saturated heterocycles. The van der Waals surface area contributed by atoms with Crippen LogP contribution in [0.15, 0.2) is 0 Å². The highest BCUT2D eigenvalue weighted by molar-refractivity contribution is 4.98. The maximum atomic E-state index is 9.62. The number of ether oxygens (including phenoxy) is 1. The van der Waals surface area contributed by atoms with Gasteiger partial charge in [0.1, 0.15) is 0 Å². The predicted octanol–water partition coefficient (Wildman–Crippen LogP) is 1.24. The van der Waals surface area contributed by atoms with Gasteiger partial charge < -0.3 is 20.1 Å². The van der Waals surface area contributed by atoms with Gasteiger partial charge in [-0.1, -0.05) is 6.92 Å². The minimum atomic E-state index is -0.0391. The Bertz CT molecular complexity index is 271. The molecule has 0 amide bonds. The van der Waals surface area contributed by atoms with Crippen molar-refractivity contribution in [2.45, 2.75) is 50.6 Å². The normalized spacial score (nSPS) is 31.3. The smallest absolute Gasteiger partial charge is 0.0613 e. The molecule has 0 spiro atoms. The fourth-order valence-electron chi connectivity index (χ4n) is 3.13. The lowest BCUT2D eigenvalue weighted by atomic mass is 9.98. The molecule has 0 radical (unpaired) electrons. The number of nitrogens with zero attached hydrogens (tertiary/aromatic N) is 1. The van der Waals surface area contributed by atoms with E-state index in [2.05, 4.69) is 24.2 Å². The number of rotatable bonds is 9. The van der Waals surface area contributed by atoms with Gasteiger partial charge in [-0.05, 0) is 51.6 Å². The van der Waals surface area contributed by atoms with E-state index in [0.29, 0.717) is 6.04 Å².